The first-order valence-electron chi connectivity index (χ1n) is 10.1. The van der Waals surface area contributed by atoms with Crippen molar-refractivity contribution in [2.75, 3.05) is 11.9 Å². The predicted molar refractivity (Wildman–Crippen MR) is 114 cm³/mol. The van der Waals surface area contributed by atoms with Crippen molar-refractivity contribution in [3.8, 4) is 11.5 Å². The van der Waals surface area contributed by atoms with Gasteiger partial charge in [-0.2, -0.15) is 0 Å². The summed E-state index contributed by atoms with van der Waals surface area (Å²) in [5.74, 6) is 0.830. The van der Waals surface area contributed by atoms with Crippen molar-refractivity contribution in [2.24, 2.45) is 0 Å². The lowest BCUT2D eigenvalue weighted by atomic mass is 9.96. The third kappa shape index (κ3) is 6.87. The molecule has 10 heteroatoms. The average Bonchev–Trinajstić information content (AvgIpc) is 3.36. The van der Waals surface area contributed by atoms with Gasteiger partial charge in [0.2, 0.25) is 11.8 Å². The monoisotopic (exact) mass is 433 g/mol. The highest BCUT2D eigenvalue weighted by Crippen LogP contribution is 2.26. The van der Waals surface area contributed by atoms with Crippen molar-refractivity contribution < 1.29 is 18.8 Å². The summed E-state index contributed by atoms with van der Waals surface area (Å²) in [7, 11) is 0. The summed E-state index contributed by atoms with van der Waals surface area (Å²) in [6.45, 7) is 2.01. The third-order valence-corrected chi connectivity index (χ3v) is 5.51. The molecule has 1 aliphatic rings. The van der Waals surface area contributed by atoms with E-state index in [1.165, 1.54) is 24.7 Å². The molecule has 2 aromatic rings. The molecule has 1 saturated carbocycles. The number of aromatic nitrogens is 1. The van der Waals surface area contributed by atoms with E-state index in [-0.39, 0.29) is 36.9 Å². The summed E-state index contributed by atoms with van der Waals surface area (Å²) in [6, 6.07) is 3.56. The van der Waals surface area contributed by atoms with Gasteiger partial charge in [-0.1, -0.05) is 19.3 Å². The van der Waals surface area contributed by atoms with Crippen molar-refractivity contribution >= 4 is 34.3 Å². The predicted octanol–water partition coefficient (Wildman–Crippen LogP) is 3.00. The second-order valence-electron chi connectivity index (χ2n) is 7.25. The van der Waals surface area contributed by atoms with E-state index in [0.29, 0.717) is 28.9 Å². The molecule has 3 rings (SSSR count). The standard InChI is InChI=1S/C20H27N5O4S/c1-13(26)22-11-15-7-8-17(29-15)16-12-30-20(24-16)25-18(27)9-10-21-19(28)23-14-5-3-2-4-6-14/h7-8,12,14H,2-6,9-11H2,1H3,(H,22,26)(H2,21,23,28)(H,24,25,27). The van der Waals surface area contributed by atoms with Gasteiger partial charge in [0.15, 0.2) is 10.9 Å². The van der Waals surface area contributed by atoms with Gasteiger partial charge in [-0.05, 0) is 25.0 Å². The SMILES string of the molecule is CC(=O)NCc1ccc(-c2csc(NC(=O)CCNC(=O)NC3CCCCC3)n2)o1. The first-order chi connectivity index (χ1) is 14.5. The van der Waals surface area contributed by atoms with E-state index in [2.05, 4.69) is 26.3 Å². The fraction of sp³-hybridized carbons (Fsp3) is 0.500. The Kier molecular flexibility index (Phi) is 7.83. The molecular formula is C20H27N5O4S. The van der Waals surface area contributed by atoms with E-state index in [0.717, 1.165) is 25.7 Å². The number of hydrogen-bond acceptors (Lipinski definition) is 6. The molecule has 0 atom stereocenters. The number of carbonyl (C=O) groups excluding carboxylic acids is 3. The van der Waals surface area contributed by atoms with Crippen LogP contribution in [0.1, 0.15) is 51.2 Å². The number of hydrogen-bond donors (Lipinski definition) is 4. The Labute approximate surface area is 179 Å². The molecule has 0 unspecified atom stereocenters. The quantitative estimate of drug-likeness (QED) is 0.509. The first-order valence-corrected chi connectivity index (χ1v) is 11.0. The zero-order chi connectivity index (χ0) is 21.3. The molecule has 30 heavy (non-hydrogen) atoms. The number of anilines is 1. The topological polar surface area (TPSA) is 125 Å². The molecule has 9 nitrogen and oxygen atoms in total. The van der Waals surface area contributed by atoms with Gasteiger partial charge in [0.05, 0.1) is 6.54 Å². The number of rotatable bonds is 8. The van der Waals surface area contributed by atoms with Crippen molar-refractivity contribution in [3.05, 3.63) is 23.3 Å². The summed E-state index contributed by atoms with van der Waals surface area (Å²) in [4.78, 5) is 39.3. The number of carbonyl (C=O) groups is 3. The maximum atomic E-state index is 12.1. The minimum atomic E-state index is -0.223. The Morgan fingerprint density at radius 2 is 1.97 bits per heavy atom. The molecule has 0 radical (unpaired) electrons. The zero-order valence-electron chi connectivity index (χ0n) is 17.0. The van der Waals surface area contributed by atoms with Crippen molar-refractivity contribution in [2.45, 2.75) is 58.0 Å². The summed E-state index contributed by atoms with van der Waals surface area (Å²) in [5.41, 5.74) is 0.606. The van der Waals surface area contributed by atoms with Crippen LogP contribution < -0.4 is 21.3 Å². The van der Waals surface area contributed by atoms with Gasteiger partial charge < -0.3 is 25.7 Å². The van der Waals surface area contributed by atoms with Crippen LogP contribution in [0.3, 0.4) is 0 Å². The van der Waals surface area contributed by atoms with Crippen molar-refractivity contribution in [3.63, 3.8) is 0 Å². The minimum absolute atomic E-state index is 0.132. The van der Waals surface area contributed by atoms with Crippen LogP contribution in [0.5, 0.6) is 0 Å². The van der Waals surface area contributed by atoms with Crippen LogP contribution in [-0.4, -0.2) is 35.4 Å². The largest absolute Gasteiger partial charge is 0.458 e. The molecule has 1 aliphatic carbocycles. The molecule has 0 aliphatic heterocycles. The van der Waals surface area contributed by atoms with E-state index in [1.54, 1.807) is 17.5 Å². The third-order valence-electron chi connectivity index (χ3n) is 4.75. The van der Waals surface area contributed by atoms with Gasteiger partial charge >= 0.3 is 6.03 Å². The molecule has 0 spiro atoms. The van der Waals surface area contributed by atoms with Crippen LogP contribution in [-0.2, 0) is 16.1 Å². The summed E-state index contributed by atoms with van der Waals surface area (Å²) < 4.78 is 5.65. The number of urea groups is 1. The minimum Gasteiger partial charge on any atom is -0.458 e. The number of nitrogens with one attached hydrogen (secondary N) is 4. The lowest BCUT2D eigenvalue weighted by molar-refractivity contribution is -0.119. The Hall–Kier alpha value is -2.88. The normalized spacial score (nSPS) is 14.2. The molecule has 0 saturated heterocycles. The molecule has 4 amide bonds. The molecule has 0 bridgehead atoms. The fourth-order valence-electron chi connectivity index (χ4n) is 3.22. The maximum absolute atomic E-state index is 12.1. The smallest absolute Gasteiger partial charge is 0.315 e. The molecule has 2 heterocycles. The average molecular weight is 434 g/mol. The highest BCUT2D eigenvalue weighted by molar-refractivity contribution is 7.14. The summed E-state index contributed by atoms with van der Waals surface area (Å²) in [5, 5.41) is 13.3. The van der Waals surface area contributed by atoms with E-state index < -0.39 is 0 Å². The lowest BCUT2D eigenvalue weighted by Crippen LogP contribution is -2.43. The fourth-order valence-corrected chi connectivity index (χ4v) is 3.94. The van der Waals surface area contributed by atoms with Crippen LogP contribution in [0.2, 0.25) is 0 Å². The zero-order valence-corrected chi connectivity index (χ0v) is 17.8. The second-order valence-corrected chi connectivity index (χ2v) is 8.11. The highest BCUT2D eigenvalue weighted by Gasteiger charge is 2.16. The van der Waals surface area contributed by atoms with Gasteiger partial charge in [-0.15, -0.1) is 11.3 Å². The van der Waals surface area contributed by atoms with Gasteiger partial charge in [0.1, 0.15) is 11.5 Å². The second kappa shape index (κ2) is 10.8. The Bertz CT molecular complexity index is 872. The van der Waals surface area contributed by atoms with E-state index in [4.69, 9.17) is 4.42 Å². The van der Waals surface area contributed by atoms with E-state index in [9.17, 15) is 14.4 Å². The van der Waals surface area contributed by atoms with Crippen LogP contribution >= 0.6 is 11.3 Å². The summed E-state index contributed by atoms with van der Waals surface area (Å²) in [6.07, 6.45) is 5.73. The summed E-state index contributed by atoms with van der Waals surface area (Å²) >= 11 is 1.29. The van der Waals surface area contributed by atoms with E-state index >= 15 is 0 Å². The van der Waals surface area contributed by atoms with Gasteiger partial charge in [-0.25, -0.2) is 9.78 Å². The molecule has 1 fully saturated rings. The van der Waals surface area contributed by atoms with Gasteiger partial charge in [-0.3, -0.25) is 9.59 Å². The number of thiazole rings is 1. The molecular weight excluding hydrogens is 406 g/mol. The first kappa shape index (κ1) is 21.8. The Balaban J connectivity index is 1.39. The highest BCUT2D eigenvalue weighted by atomic mass is 32.1. The van der Waals surface area contributed by atoms with Gasteiger partial charge in [0, 0.05) is 31.3 Å². The van der Waals surface area contributed by atoms with Gasteiger partial charge in [0.25, 0.3) is 0 Å². The van der Waals surface area contributed by atoms with E-state index in [1.807, 2.05) is 0 Å². The lowest BCUT2D eigenvalue weighted by Gasteiger charge is -2.22. The van der Waals surface area contributed by atoms with Crippen LogP contribution in [0.15, 0.2) is 21.9 Å². The van der Waals surface area contributed by atoms with Crippen molar-refractivity contribution in [1.29, 1.82) is 0 Å². The Morgan fingerprint density at radius 1 is 1.17 bits per heavy atom. The molecule has 4 N–H and O–H groups in total. The number of furan rings is 1. The Morgan fingerprint density at radius 3 is 2.73 bits per heavy atom. The number of amides is 4. The molecule has 2 aromatic heterocycles. The number of nitrogens with zero attached hydrogens (tertiary/aromatic N) is 1. The van der Waals surface area contributed by atoms with Crippen molar-refractivity contribution in [1.82, 2.24) is 20.9 Å². The maximum Gasteiger partial charge on any atom is 0.315 e. The molecule has 0 aromatic carbocycles. The van der Waals surface area contributed by atoms with Crippen LogP contribution in [0.4, 0.5) is 9.93 Å². The van der Waals surface area contributed by atoms with Crippen LogP contribution in [0, 0.1) is 0 Å². The van der Waals surface area contributed by atoms with Crippen LogP contribution in [0.25, 0.3) is 11.5 Å². The molecule has 162 valence electrons.